The van der Waals surface area contributed by atoms with Gasteiger partial charge in [0.2, 0.25) is 11.8 Å². The number of anilines is 1. The maximum absolute atomic E-state index is 14.6. The fourth-order valence-corrected chi connectivity index (χ4v) is 6.73. The van der Waals surface area contributed by atoms with Gasteiger partial charge in [-0.05, 0) is 68.3 Å². The number of nitro benzene ring substituents is 1. The summed E-state index contributed by atoms with van der Waals surface area (Å²) in [5.41, 5.74) is 1.33. The number of halogens is 1. The molecule has 0 fully saturated rings. The molecule has 48 heavy (non-hydrogen) atoms. The van der Waals surface area contributed by atoms with Gasteiger partial charge in [-0.3, -0.25) is 24.0 Å². The average Bonchev–Trinajstić information content (AvgIpc) is 3.06. The average molecular weight is 693 g/mol. The van der Waals surface area contributed by atoms with E-state index in [9.17, 15) is 28.1 Å². The number of hydrogen-bond donors (Lipinski definition) is 1. The van der Waals surface area contributed by atoms with E-state index in [0.717, 1.165) is 15.9 Å². The number of benzene rings is 4. The van der Waals surface area contributed by atoms with E-state index in [2.05, 4.69) is 5.32 Å². The quantitative estimate of drug-likeness (QED) is 0.128. The smallest absolute Gasteiger partial charge is 0.273 e. The topological polar surface area (TPSA) is 139 Å². The van der Waals surface area contributed by atoms with Gasteiger partial charge in [0, 0.05) is 35.7 Å². The predicted octanol–water partition coefficient (Wildman–Crippen LogP) is 5.93. The van der Waals surface area contributed by atoms with Crippen molar-refractivity contribution >= 4 is 44.8 Å². The van der Waals surface area contributed by atoms with Crippen LogP contribution in [0.4, 0.5) is 11.4 Å². The molecular formula is C35H37ClN4O7S. The highest BCUT2D eigenvalue weighted by atomic mass is 35.5. The first-order chi connectivity index (χ1) is 22.8. The van der Waals surface area contributed by atoms with Gasteiger partial charge in [-0.1, -0.05) is 66.2 Å². The van der Waals surface area contributed by atoms with Crippen molar-refractivity contribution in [3.05, 3.63) is 129 Å². The van der Waals surface area contributed by atoms with Crippen LogP contribution < -0.4 is 14.4 Å². The number of carbonyl (C=O) groups excluding carboxylic acids is 2. The minimum absolute atomic E-state index is 0.103. The Morgan fingerprint density at radius 1 is 0.958 bits per heavy atom. The van der Waals surface area contributed by atoms with Gasteiger partial charge in [0.1, 0.15) is 18.3 Å². The van der Waals surface area contributed by atoms with Crippen LogP contribution in [0, 0.1) is 17.0 Å². The molecule has 0 heterocycles. The Hall–Kier alpha value is -4.94. The van der Waals surface area contributed by atoms with Crippen molar-refractivity contribution in [2.45, 2.75) is 50.7 Å². The molecule has 0 aliphatic carbocycles. The van der Waals surface area contributed by atoms with Crippen LogP contribution in [0.2, 0.25) is 5.02 Å². The second-order valence-electron chi connectivity index (χ2n) is 11.4. The van der Waals surface area contributed by atoms with Gasteiger partial charge in [0.05, 0.1) is 22.6 Å². The summed E-state index contributed by atoms with van der Waals surface area (Å²) in [5.74, 6) is -0.681. The molecule has 4 aromatic carbocycles. The first-order valence-corrected chi connectivity index (χ1v) is 16.9. The van der Waals surface area contributed by atoms with Crippen LogP contribution >= 0.6 is 11.6 Å². The molecule has 11 nitrogen and oxygen atoms in total. The lowest BCUT2D eigenvalue weighted by molar-refractivity contribution is -0.385. The Labute approximate surface area is 285 Å². The molecule has 0 saturated carbocycles. The van der Waals surface area contributed by atoms with E-state index >= 15 is 0 Å². The standard InChI is InChI=1S/C35H37ClN4O7S/c1-24(2)37-35(42)33(20-26-10-6-5-7-11-26)38(22-27-12-8-9-13-31(27)36)34(41)23-39(28-15-17-29(47-4)18-16-28)48(45,46)30-19-14-25(3)32(21-30)40(43)44/h5-19,21,24,33H,20,22-23H2,1-4H3,(H,37,42)/t33-/m0/s1. The molecule has 0 aromatic heterocycles. The zero-order chi connectivity index (χ0) is 35.0. The molecule has 0 saturated heterocycles. The van der Waals surface area contributed by atoms with Gasteiger partial charge < -0.3 is 15.0 Å². The van der Waals surface area contributed by atoms with Crippen molar-refractivity contribution in [3.8, 4) is 5.75 Å². The van der Waals surface area contributed by atoms with Crippen molar-refractivity contribution in [1.29, 1.82) is 0 Å². The van der Waals surface area contributed by atoms with Crippen molar-refractivity contribution in [2.75, 3.05) is 18.0 Å². The summed E-state index contributed by atoms with van der Waals surface area (Å²) in [6, 6.07) is 24.3. The number of nitro groups is 1. The molecular weight excluding hydrogens is 656 g/mol. The van der Waals surface area contributed by atoms with Crippen molar-refractivity contribution in [1.82, 2.24) is 10.2 Å². The van der Waals surface area contributed by atoms with Crippen LogP contribution in [0.5, 0.6) is 5.75 Å². The van der Waals surface area contributed by atoms with Crippen molar-refractivity contribution in [2.24, 2.45) is 0 Å². The maximum Gasteiger partial charge on any atom is 0.273 e. The summed E-state index contributed by atoms with van der Waals surface area (Å²) in [4.78, 5) is 40.4. The van der Waals surface area contributed by atoms with E-state index in [1.165, 1.54) is 55.3 Å². The van der Waals surface area contributed by atoms with Crippen molar-refractivity contribution < 1.29 is 27.7 Å². The molecule has 0 spiro atoms. The molecule has 0 aliphatic rings. The third-order valence-corrected chi connectivity index (χ3v) is 9.74. The Morgan fingerprint density at radius 3 is 2.21 bits per heavy atom. The monoisotopic (exact) mass is 692 g/mol. The van der Waals surface area contributed by atoms with Crippen molar-refractivity contribution in [3.63, 3.8) is 0 Å². The third-order valence-electron chi connectivity index (χ3n) is 7.61. The lowest BCUT2D eigenvalue weighted by atomic mass is 10.0. The van der Waals surface area contributed by atoms with Crippen LogP contribution in [0.1, 0.15) is 30.5 Å². The van der Waals surface area contributed by atoms with Gasteiger partial charge in [-0.2, -0.15) is 0 Å². The minimum atomic E-state index is -4.57. The summed E-state index contributed by atoms with van der Waals surface area (Å²) in [6.45, 7) is 4.27. The molecule has 0 bridgehead atoms. The zero-order valence-corrected chi connectivity index (χ0v) is 28.6. The number of rotatable bonds is 14. The maximum atomic E-state index is 14.6. The van der Waals surface area contributed by atoms with E-state index in [4.69, 9.17) is 16.3 Å². The summed E-state index contributed by atoms with van der Waals surface area (Å²) < 4.78 is 34.7. The van der Waals surface area contributed by atoms with Crippen LogP contribution in [0.25, 0.3) is 0 Å². The van der Waals surface area contributed by atoms with Gasteiger partial charge in [0.15, 0.2) is 0 Å². The minimum Gasteiger partial charge on any atom is -0.497 e. The second kappa shape index (κ2) is 15.8. The zero-order valence-electron chi connectivity index (χ0n) is 27.0. The summed E-state index contributed by atoms with van der Waals surface area (Å²) in [5, 5.41) is 15.0. The first kappa shape index (κ1) is 35.9. The van der Waals surface area contributed by atoms with Gasteiger partial charge in [-0.25, -0.2) is 8.42 Å². The molecule has 0 radical (unpaired) electrons. The molecule has 0 aliphatic heterocycles. The van der Waals surface area contributed by atoms with E-state index in [-0.39, 0.29) is 40.8 Å². The molecule has 0 unspecified atom stereocenters. The van der Waals surface area contributed by atoms with Gasteiger partial charge in [0.25, 0.3) is 15.7 Å². The number of ether oxygens (including phenoxy) is 1. The van der Waals surface area contributed by atoms with Crippen LogP contribution in [0.15, 0.2) is 102 Å². The summed E-state index contributed by atoms with van der Waals surface area (Å²) in [6.07, 6.45) is 0.134. The summed E-state index contributed by atoms with van der Waals surface area (Å²) in [7, 11) is -3.11. The molecule has 4 aromatic rings. The van der Waals surface area contributed by atoms with E-state index in [1.807, 2.05) is 30.3 Å². The number of methoxy groups -OCH3 is 1. The highest BCUT2D eigenvalue weighted by Crippen LogP contribution is 2.30. The summed E-state index contributed by atoms with van der Waals surface area (Å²) >= 11 is 6.53. The number of carbonyl (C=O) groups is 2. The van der Waals surface area contributed by atoms with Crippen LogP contribution in [0.3, 0.4) is 0 Å². The number of hydrogen-bond acceptors (Lipinski definition) is 7. The number of aryl methyl sites for hydroxylation is 1. The Bertz CT molecular complexity index is 1870. The molecule has 13 heteroatoms. The lowest BCUT2D eigenvalue weighted by Crippen LogP contribution is -2.54. The first-order valence-electron chi connectivity index (χ1n) is 15.1. The lowest BCUT2D eigenvalue weighted by Gasteiger charge is -2.34. The molecule has 1 N–H and O–H groups in total. The molecule has 252 valence electrons. The second-order valence-corrected chi connectivity index (χ2v) is 13.7. The number of amides is 2. The Morgan fingerprint density at radius 2 is 1.60 bits per heavy atom. The van der Waals surface area contributed by atoms with Crippen LogP contribution in [-0.2, 0) is 32.6 Å². The third kappa shape index (κ3) is 8.69. The fraction of sp³-hybridized carbons (Fsp3) is 0.257. The van der Waals surface area contributed by atoms with E-state index in [1.54, 1.807) is 38.1 Å². The Balaban J connectivity index is 1.85. The SMILES string of the molecule is COc1ccc(N(CC(=O)N(Cc2ccccc2Cl)[C@@H](Cc2ccccc2)C(=O)NC(C)C)S(=O)(=O)c2ccc(C)c([N+](=O)[O-])c2)cc1. The highest BCUT2D eigenvalue weighted by Gasteiger charge is 2.35. The Kier molecular flexibility index (Phi) is 11.8. The largest absolute Gasteiger partial charge is 0.497 e. The molecule has 4 rings (SSSR count). The highest BCUT2D eigenvalue weighted by molar-refractivity contribution is 7.92. The van der Waals surface area contributed by atoms with E-state index < -0.39 is 39.3 Å². The number of nitrogens with one attached hydrogen (secondary N) is 1. The molecule has 2 amide bonds. The predicted molar refractivity (Wildman–Crippen MR) is 185 cm³/mol. The van der Waals surface area contributed by atoms with Gasteiger partial charge >= 0.3 is 0 Å². The van der Waals surface area contributed by atoms with Crippen LogP contribution in [-0.4, -0.2) is 55.8 Å². The van der Waals surface area contributed by atoms with Gasteiger partial charge in [-0.15, -0.1) is 0 Å². The van der Waals surface area contributed by atoms with E-state index in [0.29, 0.717) is 16.3 Å². The molecule has 1 atom stereocenters. The number of sulfonamides is 1. The number of nitrogens with zero attached hydrogens (tertiary/aromatic N) is 3. The fourth-order valence-electron chi connectivity index (χ4n) is 5.10. The normalized spacial score (nSPS) is 11.9.